The number of nitrogens with zero attached hydrogens (tertiary/aromatic N) is 3. The highest BCUT2D eigenvalue weighted by molar-refractivity contribution is 6.12. The van der Waals surface area contributed by atoms with Crippen LogP contribution in [0.3, 0.4) is 0 Å². The van der Waals surface area contributed by atoms with E-state index < -0.39 is 0 Å². The molecule has 132 valence electrons. The van der Waals surface area contributed by atoms with Gasteiger partial charge in [-0.1, -0.05) is 24.3 Å². The van der Waals surface area contributed by atoms with E-state index >= 15 is 0 Å². The van der Waals surface area contributed by atoms with E-state index in [1.165, 1.54) is 0 Å². The number of hydrogen-bond donors (Lipinski definition) is 1. The smallest absolute Gasteiger partial charge is 0.262 e. The van der Waals surface area contributed by atoms with Crippen molar-refractivity contribution in [2.24, 2.45) is 0 Å². The summed E-state index contributed by atoms with van der Waals surface area (Å²) in [5, 5.41) is 0.766. The SMILES string of the molecule is COc1cncc(-c2cccc3c(N)c4c(nc23)CN(C2=CC=C2)C4=O)c1. The number of fused-ring (bicyclic) bond motifs is 2. The third kappa shape index (κ3) is 2.23. The number of rotatable bonds is 3. The van der Waals surface area contributed by atoms with Crippen LogP contribution in [0.1, 0.15) is 16.1 Å². The van der Waals surface area contributed by atoms with Gasteiger partial charge >= 0.3 is 0 Å². The van der Waals surface area contributed by atoms with Gasteiger partial charge in [-0.05, 0) is 18.2 Å². The molecule has 2 aromatic heterocycles. The Morgan fingerprint density at radius 1 is 1.26 bits per heavy atom. The van der Waals surface area contributed by atoms with Crippen molar-refractivity contribution in [2.45, 2.75) is 6.54 Å². The maximum absolute atomic E-state index is 12.8. The second-order valence-electron chi connectivity index (χ2n) is 6.50. The first-order valence-corrected chi connectivity index (χ1v) is 8.58. The van der Waals surface area contributed by atoms with Crippen molar-refractivity contribution in [2.75, 3.05) is 12.8 Å². The summed E-state index contributed by atoms with van der Waals surface area (Å²) in [6.45, 7) is 0.426. The van der Waals surface area contributed by atoms with Gasteiger partial charge in [-0.25, -0.2) is 4.98 Å². The van der Waals surface area contributed by atoms with Gasteiger partial charge in [0.15, 0.2) is 0 Å². The first-order chi connectivity index (χ1) is 13.2. The van der Waals surface area contributed by atoms with Gasteiger partial charge < -0.3 is 15.4 Å². The minimum absolute atomic E-state index is 0.0963. The van der Waals surface area contributed by atoms with Gasteiger partial charge in [0.25, 0.3) is 5.91 Å². The van der Waals surface area contributed by atoms with Crippen LogP contribution in [0.5, 0.6) is 5.75 Å². The number of aromatic nitrogens is 2. The zero-order valence-corrected chi connectivity index (χ0v) is 14.6. The number of methoxy groups -OCH3 is 1. The van der Waals surface area contributed by atoms with Crippen molar-refractivity contribution in [3.63, 3.8) is 0 Å². The molecule has 0 saturated carbocycles. The predicted molar refractivity (Wildman–Crippen MR) is 103 cm³/mol. The third-order valence-corrected chi connectivity index (χ3v) is 5.00. The summed E-state index contributed by atoms with van der Waals surface area (Å²) in [4.78, 5) is 23.6. The molecular formula is C21H16N4O2. The minimum Gasteiger partial charge on any atom is -0.495 e. The van der Waals surface area contributed by atoms with E-state index in [-0.39, 0.29) is 5.91 Å². The molecule has 1 amide bonds. The van der Waals surface area contributed by atoms with E-state index in [0.29, 0.717) is 29.2 Å². The summed E-state index contributed by atoms with van der Waals surface area (Å²) in [7, 11) is 1.61. The summed E-state index contributed by atoms with van der Waals surface area (Å²) < 4.78 is 5.29. The van der Waals surface area contributed by atoms with Gasteiger partial charge in [0, 0.05) is 28.4 Å². The summed E-state index contributed by atoms with van der Waals surface area (Å²) >= 11 is 0. The quantitative estimate of drug-likeness (QED) is 0.779. The van der Waals surface area contributed by atoms with Crippen LogP contribution in [-0.2, 0) is 6.54 Å². The molecular weight excluding hydrogens is 340 g/mol. The molecule has 3 heterocycles. The number of anilines is 1. The topological polar surface area (TPSA) is 81.3 Å². The van der Waals surface area contributed by atoms with E-state index in [4.69, 9.17) is 15.5 Å². The lowest BCUT2D eigenvalue weighted by Crippen LogP contribution is -2.24. The molecule has 27 heavy (non-hydrogen) atoms. The lowest BCUT2D eigenvalue weighted by atomic mass is 10.00. The van der Waals surface area contributed by atoms with Crippen LogP contribution in [0.25, 0.3) is 22.0 Å². The average Bonchev–Trinajstić information content (AvgIpc) is 2.96. The van der Waals surface area contributed by atoms with Crippen LogP contribution < -0.4 is 10.5 Å². The molecule has 6 nitrogen and oxygen atoms in total. The van der Waals surface area contributed by atoms with E-state index in [9.17, 15) is 4.79 Å². The van der Waals surface area contributed by atoms with Gasteiger partial charge in [0.2, 0.25) is 0 Å². The molecule has 6 heteroatoms. The first-order valence-electron chi connectivity index (χ1n) is 8.58. The van der Waals surface area contributed by atoms with Crippen molar-refractivity contribution in [3.05, 3.63) is 71.8 Å². The molecule has 1 aliphatic heterocycles. The summed E-state index contributed by atoms with van der Waals surface area (Å²) in [5.74, 6) is 0.574. The molecule has 3 aromatic rings. The van der Waals surface area contributed by atoms with Crippen molar-refractivity contribution in [3.8, 4) is 16.9 Å². The highest BCUT2D eigenvalue weighted by Gasteiger charge is 2.34. The molecule has 5 rings (SSSR count). The zero-order chi connectivity index (χ0) is 18.5. The number of carbonyl (C=O) groups is 1. The molecule has 0 spiro atoms. The third-order valence-electron chi connectivity index (χ3n) is 5.00. The van der Waals surface area contributed by atoms with Crippen LogP contribution in [0.4, 0.5) is 5.69 Å². The van der Waals surface area contributed by atoms with Crippen molar-refractivity contribution >= 4 is 22.5 Å². The molecule has 0 saturated heterocycles. The Labute approximate surface area is 155 Å². The number of benzene rings is 1. The average molecular weight is 356 g/mol. The second kappa shape index (κ2) is 5.67. The lowest BCUT2D eigenvalue weighted by Gasteiger charge is -2.19. The highest BCUT2D eigenvalue weighted by atomic mass is 16.5. The Balaban J connectivity index is 1.71. The summed E-state index contributed by atoms with van der Waals surface area (Å²) in [5.41, 5.74) is 11.5. The number of ether oxygens (including phenoxy) is 1. The second-order valence-corrected chi connectivity index (χ2v) is 6.50. The van der Waals surface area contributed by atoms with Crippen molar-refractivity contribution in [1.29, 1.82) is 0 Å². The molecule has 0 fully saturated rings. The fraction of sp³-hybridized carbons (Fsp3) is 0.0952. The molecule has 0 atom stereocenters. The van der Waals surface area contributed by atoms with Crippen LogP contribution in [-0.4, -0.2) is 27.9 Å². The van der Waals surface area contributed by atoms with Gasteiger partial charge in [-0.3, -0.25) is 9.78 Å². The van der Waals surface area contributed by atoms with Gasteiger partial charge in [0.1, 0.15) is 5.75 Å². The summed E-state index contributed by atoms with van der Waals surface area (Å²) in [6, 6.07) is 7.70. The Bertz CT molecular complexity index is 1180. The number of para-hydroxylation sites is 1. The lowest BCUT2D eigenvalue weighted by molar-refractivity contribution is 0.0831. The molecule has 2 aliphatic rings. The number of carbonyl (C=O) groups excluding carboxylic acids is 1. The minimum atomic E-state index is -0.0963. The zero-order valence-electron chi connectivity index (χ0n) is 14.6. The van der Waals surface area contributed by atoms with Gasteiger partial charge in [-0.2, -0.15) is 0 Å². The maximum atomic E-state index is 12.8. The monoisotopic (exact) mass is 356 g/mol. The van der Waals surface area contributed by atoms with Crippen LogP contribution in [0.15, 0.2) is 60.6 Å². The fourth-order valence-electron chi connectivity index (χ4n) is 3.55. The Hall–Kier alpha value is -3.67. The fourth-order valence-corrected chi connectivity index (χ4v) is 3.55. The van der Waals surface area contributed by atoms with Crippen LogP contribution in [0, 0.1) is 0 Å². The molecule has 1 aliphatic carbocycles. The normalized spacial score (nSPS) is 14.9. The molecule has 0 bridgehead atoms. The van der Waals surface area contributed by atoms with Crippen molar-refractivity contribution < 1.29 is 9.53 Å². The number of pyridine rings is 2. The van der Waals surface area contributed by atoms with Crippen LogP contribution in [0.2, 0.25) is 0 Å². The maximum Gasteiger partial charge on any atom is 0.262 e. The number of nitrogen functional groups attached to an aromatic ring is 1. The highest BCUT2D eigenvalue weighted by Crippen LogP contribution is 2.38. The Morgan fingerprint density at radius 3 is 2.85 bits per heavy atom. The largest absolute Gasteiger partial charge is 0.495 e. The number of amides is 1. The Morgan fingerprint density at radius 2 is 2.11 bits per heavy atom. The molecule has 1 aromatic carbocycles. The van der Waals surface area contributed by atoms with E-state index in [0.717, 1.165) is 27.7 Å². The van der Waals surface area contributed by atoms with E-state index in [2.05, 4.69) is 4.98 Å². The number of allylic oxidation sites excluding steroid dienone is 3. The molecule has 2 N–H and O–H groups in total. The summed E-state index contributed by atoms with van der Waals surface area (Å²) in [6.07, 6.45) is 9.15. The molecule has 0 unspecified atom stereocenters. The van der Waals surface area contributed by atoms with Crippen LogP contribution >= 0.6 is 0 Å². The number of nitrogens with two attached hydrogens (primary N) is 1. The predicted octanol–water partition coefficient (Wildman–Crippen LogP) is 3.30. The van der Waals surface area contributed by atoms with Crippen molar-refractivity contribution in [1.82, 2.24) is 14.9 Å². The Kier molecular flexibility index (Phi) is 3.27. The number of hydrogen-bond acceptors (Lipinski definition) is 5. The van der Waals surface area contributed by atoms with E-state index in [1.807, 2.05) is 42.5 Å². The van der Waals surface area contributed by atoms with E-state index in [1.54, 1.807) is 24.4 Å². The first kappa shape index (κ1) is 15.6. The van der Waals surface area contributed by atoms with Gasteiger partial charge in [0.05, 0.1) is 42.3 Å². The molecule has 0 radical (unpaired) electrons. The standard InChI is InChI=1S/C21H16N4O2/c1-27-14-8-12(9-23-10-14)15-6-3-7-16-19(22)18-17(24-20(15)16)11-25(21(18)26)13-4-2-5-13/h2-10H,11H2,1H3,(H2,22,24). The van der Waals surface area contributed by atoms with Gasteiger partial charge in [-0.15, -0.1) is 0 Å².